The van der Waals surface area contributed by atoms with Gasteiger partial charge in [-0.1, -0.05) is 22.9 Å². The molecule has 0 unspecified atom stereocenters. The normalized spacial score (nSPS) is 11.3. The van der Waals surface area contributed by atoms with Crippen molar-refractivity contribution >= 4 is 17.5 Å². The third kappa shape index (κ3) is 4.53. The lowest BCUT2D eigenvalue weighted by Crippen LogP contribution is -2.05. The molecule has 0 aromatic heterocycles. The lowest BCUT2D eigenvalue weighted by Gasteiger charge is -2.07. The van der Waals surface area contributed by atoms with Crippen molar-refractivity contribution in [1.29, 1.82) is 0 Å². The molecule has 0 saturated heterocycles. The van der Waals surface area contributed by atoms with Gasteiger partial charge in [-0.3, -0.25) is 0 Å². The van der Waals surface area contributed by atoms with E-state index in [4.69, 9.17) is 9.57 Å². The maximum absolute atomic E-state index is 5.17. The zero-order valence-electron chi connectivity index (χ0n) is 12.5. The van der Waals surface area contributed by atoms with Crippen LogP contribution < -0.4 is 4.74 Å². The van der Waals surface area contributed by atoms with E-state index in [1.165, 1.54) is 10.5 Å². The highest BCUT2D eigenvalue weighted by molar-refractivity contribution is 8.00. The number of hydrogen-bond acceptors (Lipinski definition) is 4. The van der Waals surface area contributed by atoms with E-state index < -0.39 is 0 Å². The fourth-order valence-electron chi connectivity index (χ4n) is 1.84. The summed E-state index contributed by atoms with van der Waals surface area (Å²) in [4.78, 5) is 6.19. The van der Waals surface area contributed by atoms with Crippen LogP contribution in [0.2, 0.25) is 0 Å². The smallest absolute Gasteiger partial charge is 0.118 e. The number of methoxy groups -OCH3 is 1. The SMILES string of the molecule is CO/N=C(\CSc1ccc(C)cc1)c1ccc(OC)cc1. The van der Waals surface area contributed by atoms with Crippen molar-refractivity contribution in [2.24, 2.45) is 5.16 Å². The molecule has 0 aliphatic carbocycles. The van der Waals surface area contributed by atoms with Crippen LogP contribution in [0.3, 0.4) is 0 Å². The average molecular weight is 301 g/mol. The van der Waals surface area contributed by atoms with Crippen LogP contribution >= 0.6 is 11.8 Å². The van der Waals surface area contributed by atoms with E-state index in [0.29, 0.717) is 0 Å². The average Bonchev–Trinajstić information content (AvgIpc) is 2.53. The van der Waals surface area contributed by atoms with Crippen molar-refractivity contribution in [1.82, 2.24) is 0 Å². The van der Waals surface area contributed by atoms with Crippen LogP contribution in [0, 0.1) is 6.92 Å². The highest BCUT2D eigenvalue weighted by Gasteiger charge is 2.06. The molecule has 2 rings (SSSR count). The van der Waals surface area contributed by atoms with Crippen molar-refractivity contribution < 1.29 is 9.57 Å². The van der Waals surface area contributed by atoms with Crippen LogP contribution in [0.25, 0.3) is 0 Å². The van der Waals surface area contributed by atoms with Gasteiger partial charge >= 0.3 is 0 Å². The number of hydrogen-bond donors (Lipinski definition) is 0. The van der Waals surface area contributed by atoms with Crippen LogP contribution in [0.15, 0.2) is 58.6 Å². The van der Waals surface area contributed by atoms with Crippen LogP contribution in [0.4, 0.5) is 0 Å². The Hall–Kier alpha value is -1.94. The van der Waals surface area contributed by atoms with Gasteiger partial charge in [-0.05, 0) is 43.3 Å². The number of benzene rings is 2. The molecule has 0 saturated carbocycles. The van der Waals surface area contributed by atoms with Gasteiger partial charge < -0.3 is 9.57 Å². The van der Waals surface area contributed by atoms with Crippen LogP contribution in [-0.2, 0) is 4.84 Å². The van der Waals surface area contributed by atoms with Crippen LogP contribution in [0.5, 0.6) is 5.75 Å². The molecule has 4 heteroatoms. The minimum atomic E-state index is 0.753. The van der Waals surface area contributed by atoms with Gasteiger partial charge in [0.1, 0.15) is 12.9 Å². The molecule has 0 aliphatic rings. The third-order valence-electron chi connectivity index (χ3n) is 3.02. The summed E-state index contributed by atoms with van der Waals surface area (Å²) in [5, 5.41) is 4.14. The summed E-state index contributed by atoms with van der Waals surface area (Å²) in [5.74, 6) is 1.59. The molecular formula is C17H19NO2S. The van der Waals surface area contributed by atoms with Gasteiger partial charge in [-0.15, -0.1) is 11.8 Å². The first-order valence-corrected chi connectivity index (χ1v) is 7.65. The second-order valence-electron chi connectivity index (χ2n) is 4.55. The molecule has 0 aliphatic heterocycles. The topological polar surface area (TPSA) is 30.8 Å². The molecule has 0 heterocycles. The lowest BCUT2D eigenvalue weighted by molar-refractivity contribution is 0.213. The number of oxime groups is 1. The van der Waals surface area contributed by atoms with Gasteiger partial charge in [0.25, 0.3) is 0 Å². The number of thioether (sulfide) groups is 1. The Kier molecular flexibility index (Phi) is 5.69. The Balaban J connectivity index is 2.08. The van der Waals surface area contributed by atoms with E-state index in [9.17, 15) is 0 Å². The lowest BCUT2D eigenvalue weighted by atomic mass is 10.1. The Bertz CT molecular complexity index is 591. The van der Waals surface area contributed by atoms with E-state index in [-0.39, 0.29) is 0 Å². The molecule has 0 atom stereocenters. The molecule has 2 aromatic carbocycles. The van der Waals surface area contributed by atoms with Crippen molar-refractivity contribution in [3.05, 3.63) is 59.7 Å². The number of nitrogens with zero attached hydrogens (tertiary/aromatic N) is 1. The summed E-state index contributed by atoms with van der Waals surface area (Å²) in [5.41, 5.74) is 3.21. The largest absolute Gasteiger partial charge is 0.497 e. The molecule has 0 amide bonds. The number of ether oxygens (including phenoxy) is 1. The first-order valence-electron chi connectivity index (χ1n) is 6.67. The molecule has 110 valence electrons. The highest BCUT2D eigenvalue weighted by atomic mass is 32.2. The van der Waals surface area contributed by atoms with Crippen molar-refractivity contribution in [3.63, 3.8) is 0 Å². The monoisotopic (exact) mass is 301 g/mol. The van der Waals surface area contributed by atoms with Gasteiger partial charge in [0.2, 0.25) is 0 Å². The van der Waals surface area contributed by atoms with Gasteiger partial charge in [0.15, 0.2) is 0 Å². The molecule has 3 nitrogen and oxygen atoms in total. The molecule has 0 radical (unpaired) electrons. The quantitative estimate of drug-likeness (QED) is 0.456. The first-order chi connectivity index (χ1) is 10.2. The standard InChI is InChI=1S/C17H19NO2S/c1-13-4-10-16(11-5-13)21-12-17(18-20-3)14-6-8-15(19-2)9-7-14/h4-11H,12H2,1-3H3/b18-17+. The minimum Gasteiger partial charge on any atom is -0.497 e. The zero-order chi connectivity index (χ0) is 15.1. The molecular weight excluding hydrogens is 282 g/mol. The van der Waals surface area contributed by atoms with Gasteiger partial charge in [0.05, 0.1) is 12.8 Å². The second-order valence-corrected chi connectivity index (χ2v) is 5.60. The molecule has 0 spiro atoms. The highest BCUT2D eigenvalue weighted by Crippen LogP contribution is 2.21. The molecule has 0 bridgehead atoms. The van der Waals surface area contributed by atoms with Crippen LogP contribution in [0.1, 0.15) is 11.1 Å². The van der Waals surface area contributed by atoms with Crippen molar-refractivity contribution in [3.8, 4) is 5.75 Å². The molecule has 0 fully saturated rings. The molecule has 0 N–H and O–H groups in total. The number of aryl methyl sites for hydroxylation is 1. The zero-order valence-corrected chi connectivity index (χ0v) is 13.3. The summed E-state index contributed by atoms with van der Waals surface area (Å²) < 4.78 is 5.17. The maximum atomic E-state index is 5.17. The fraction of sp³-hybridized carbons (Fsp3) is 0.235. The summed E-state index contributed by atoms with van der Waals surface area (Å²) in [7, 11) is 3.23. The third-order valence-corrected chi connectivity index (χ3v) is 4.04. The predicted molar refractivity (Wildman–Crippen MR) is 88.4 cm³/mol. The van der Waals surface area contributed by atoms with E-state index in [0.717, 1.165) is 22.8 Å². The summed E-state index contributed by atoms with van der Waals surface area (Å²) >= 11 is 1.74. The predicted octanol–water partition coefficient (Wildman–Crippen LogP) is 4.15. The van der Waals surface area contributed by atoms with Gasteiger partial charge in [0, 0.05) is 16.2 Å². The molecule has 21 heavy (non-hydrogen) atoms. The van der Waals surface area contributed by atoms with E-state index in [2.05, 4.69) is 36.3 Å². The first kappa shape index (κ1) is 15.4. The summed E-state index contributed by atoms with van der Waals surface area (Å²) in [6.45, 7) is 2.09. The fourth-order valence-corrected chi connectivity index (χ4v) is 2.69. The Morgan fingerprint density at radius 3 is 2.24 bits per heavy atom. The van der Waals surface area contributed by atoms with Crippen molar-refractivity contribution in [2.75, 3.05) is 20.0 Å². The van der Waals surface area contributed by atoms with Crippen molar-refractivity contribution in [2.45, 2.75) is 11.8 Å². The summed E-state index contributed by atoms with van der Waals surface area (Å²) in [6, 6.07) is 16.3. The second kappa shape index (κ2) is 7.74. The van der Waals surface area contributed by atoms with E-state index in [1.54, 1.807) is 26.0 Å². The maximum Gasteiger partial charge on any atom is 0.118 e. The Morgan fingerprint density at radius 2 is 1.67 bits per heavy atom. The van der Waals surface area contributed by atoms with E-state index >= 15 is 0 Å². The summed E-state index contributed by atoms with van der Waals surface area (Å²) in [6.07, 6.45) is 0. The molecule has 2 aromatic rings. The van der Waals surface area contributed by atoms with Crippen LogP contribution in [-0.4, -0.2) is 25.7 Å². The van der Waals surface area contributed by atoms with Gasteiger partial charge in [-0.25, -0.2) is 0 Å². The number of rotatable bonds is 6. The Labute approximate surface area is 130 Å². The Morgan fingerprint density at radius 1 is 1.00 bits per heavy atom. The van der Waals surface area contributed by atoms with Gasteiger partial charge in [-0.2, -0.15) is 0 Å². The van der Waals surface area contributed by atoms with E-state index in [1.807, 2.05) is 24.3 Å². The minimum absolute atomic E-state index is 0.753.